The summed E-state index contributed by atoms with van der Waals surface area (Å²) in [6.07, 6.45) is 1.78. The van der Waals surface area contributed by atoms with Crippen LogP contribution < -0.4 is 14.8 Å². The van der Waals surface area contributed by atoms with Gasteiger partial charge in [0, 0.05) is 22.8 Å². The molecule has 0 unspecified atom stereocenters. The zero-order valence-electron chi connectivity index (χ0n) is 14.7. The largest absolute Gasteiger partial charge is 0.497 e. The molecular weight excluding hydrogens is 434 g/mol. The maximum Gasteiger partial charge on any atom is 0.257 e. The van der Waals surface area contributed by atoms with Crippen molar-refractivity contribution >= 4 is 39.3 Å². The van der Waals surface area contributed by atoms with Gasteiger partial charge in [0.15, 0.2) is 5.82 Å². The van der Waals surface area contributed by atoms with Crippen molar-refractivity contribution in [1.29, 1.82) is 0 Å². The number of ether oxygens (including phenoxy) is 2. The zero-order valence-corrected chi connectivity index (χ0v) is 17.0. The molecule has 8 heteroatoms. The van der Waals surface area contributed by atoms with E-state index in [2.05, 4.69) is 26.3 Å². The van der Waals surface area contributed by atoms with E-state index in [-0.39, 0.29) is 5.91 Å². The van der Waals surface area contributed by atoms with Crippen molar-refractivity contribution in [3.8, 4) is 11.5 Å². The number of nitrogens with zero attached hydrogens (tertiary/aromatic N) is 2. The highest BCUT2D eigenvalue weighted by molar-refractivity contribution is 9.10. The minimum absolute atomic E-state index is 0.323. The Balaban J connectivity index is 1.79. The molecule has 1 amide bonds. The summed E-state index contributed by atoms with van der Waals surface area (Å²) in [6.45, 7) is 0.487. The van der Waals surface area contributed by atoms with Crippen LogP contribution in [0.2, 0.25) is 5.02 Å². The van der Waals surface area contributed by atoms with Crippen LogP contribution in [-0.2, 0) is 6.54 Å². The molecule has 0 saturated carbocycles. The van der Waals surface area contributed by atoms with Crippen LogP contribution in [0.4, 0.5) is 5.82 Å². The number of carbonyl (C=O) groups is 1. The van der Waals surface area contributed by atoms with E-state index in [0.717, 1.165) is 5.56 Å². The third-order valence-corrected chi connectivity index (χ3v) is 4.80. The second-order valence-corrected chi connectivity index (χ2v) is 6.93. The summed E-state index contributed by atoms with van der Waals surface area (Å²) in [7, 11) is 3.06. The van der Waals surface area contributed by atoms with Gasteiger partial charge in [-0.2, -0.15) is 5.10 Å². The van der Waals surface area contributed by atoms with E-state index < -0.39 is 0 Å². The van der Waals surface area contributed by atoms with Gasteiger partial charge in [-0.15, -0.1) is 0 Å². The maximum atomic E-state index is 12.6. The third kappa shape index (κ3) is 4.61. The van der Waals surface area contributed by atoms with Crippen LogP contribution in [0.3, 0.4) is 0 Å². The fraction of sp³-hybridized carbons (Fsp3) is 0.158. The number of halogens is 2. The Morgan fingerprint density at radius 1 is 1.19 bits per heavy atom. The SMILES string of the molecule is COc1cc(OC)cc(C(=O)Nc2nn(Cc3ccccc3Cl)cc2Br)c1. The highest BCUT2D eigenvalue weighted by Crippen LogP contribution is 2.26. The van der Waals surface area contributed by atoms with Crippen molar-refractivity contribution in [2.75, 3.05) is 19.5 Å². The van der Waals surface area contributed by atoms with E-state index in [1.165, 1.54) is 14.2 Å². The zero-order chi connectivity index (χ0) is 19.4. The van der Waals surface area contributed by atoms with Crippen LogP contribution >= 0.6 is 27.5 Å². The quantitative estimate of drug-likeness (QED) is 0.595. The molecule has 0 atom stereocenters. The summed E-state index contributed by atoms with van der Waals surface area (Å²) in [5.41, 5.74) is 1.34. The number of carbonyl (C=O) groups excluding carboxylic acids is 1. The average Bonchev–Trinajstić information content (AvgIpc) is 3.02. The van der Waals surface area contributed by atoms with Crippen LogP contribution in [0.25, 0.3) is 0 Å². The van der Waals surface area contributed by atoms with E-state index in [9.17, 15) is 4.79 Å². The molecule has 0 aliphatic heterocycles. The predicted octanol–water partition coefficient (Wildman–Crippen LogP) is 4.62. The van der Waals surface area contributed by atoms with Crippen molar-refractivity contribution in [2.45, 2.75) is 6.54 Å². The summed E-state index contributed by atoms with van der Waals surface area (Å²) in [6, 6.07) is 12.5. The Hall–Kier alpha value is -2.51. The topological polar surface area (TPSA) is 65.4 Å². The van der Waals surface area contributed by atoms with Gasteiger partial charge >= 0.3 is 0 Å². The Morgan fingerprint density at radius 2 is 1.85 bits per heavy atom. The second kappa shape index (κ2) is 8.45. The first-order chi connectivity index (χ1) is 13.0. The number of methoxy groups -OCH3 is 2. The number of hydrogen-bond donors (Lipinski definition) is 1. The molecule has 0 spiro atoms. The Kier molecular flexibility index (Phi) is 6.03. The van der Waals surface area contributed by atoms with Gasteiger partial charge in [-0.25, -0.2) is 0 Å². The molecule has 0 aliphatic rings. The van der Waals surface area contributed by atoms with Crippen molar-refractivity contribution in [3.63, 3.8) is 0 Å². The van der Waals surface area contributed by atoms with Gasteiger partial charge in [-0.05, 0) is 39.7 Å². The number of benzene rings is 2. The smallest absolute Gasteiger partial charge is 0.257 e. The van der Waals surface area contributed by atoms with Crippen molar-refractivity contribution in [3.05, 3.63) is 69.3 Å². The normalized spacial score (nSPS) is 10.5. The predicted molar refractivity (Wildman–Crippen MR) is 108 cm³/mol. The van der Waals surface area contributed by atoms with Crippen molar-refractivity contribution in [2.24, 2.45) is 0 Å². The summed E-state index contributed by atoms with van der Waals surface area (Å²) in [4.78, 5) is 12.6. The highest BCUT2D eigenvalue weighted by Gasteiger charge is 2.15. The van der Waals surface area contributed by atoms with Gasteiger partial charge < -0.3 is 14.8 Å². The fourth-order valence-electron chi connectivity index (χ4n) is 2.48. The standard InChI is InChI=1S/C19H17BrClN3O3/c1-26-14-7-13(8-15(9-14)27-2)19(25)22-18-16(20)11-24(23-18)10-12-5-3-4-6-17(12)21/h3-9,11H,10H2,1-2H3,(H,22,23,25). The highest BCUT2D eigenvalue weighted by atomic mass is 79.9. The molecule has 0 aliphatic carbocycles. The van der Waals surface area contributed by atoms with Crippen LogP contribution in [0.15, 0.2) is 53.1 Å². The van der Waals surface area contributed by atoms with Crippen LogP contribution in [0.5, 0.6) is 11.5 Å². The minimum Gasteiger partial charge on any atom is -0.497 e. The van der Waals surface area contributed by atoms with Crippen molar-refractivity contribution < 1.29 is 14.3 Å². The molecule has 1 aromatic heterocycles. The first kappa shape index (κ1) is 19.3. The van der Waals surface area contributed by atoms with Crippen LogP contribution in [0, 0.1) is 0 Å². The lowest BCUT2D eigenvalue weighted by Crippen LogP contribution is -2.13. The summed E-state index contributed by atoms with van der Waals surface area (Å²) in [5, 5.41) is 7.87. The molecular formula is C19H17BrClN3O3. The number of aromatic nitrogens is 2. The van der Waals surface area contributed by atoms with Crippen LogP contribution in [-0.4, -0.2) is 29.9 Å². The van der Waals surface area contributed by atoms with Gasteiger partial charge in [0.1, 0.15) is 11.5 Å². The summed E-state index contributed by atoms with van der Waals surface area (Å²) in [5.74, 6) is 1.15. The number of rotatable bonds is 6. The molecule has 1 N–H and O–H groups in total. The van der Waals surface area contributed by atoms with E-state index >= 15 is 0 Å². The van der Waals surface area contributed by atoms with Crippen molar-refractivity contribution in [1.82, 2.24) is 9.78 Å². The Labute approximate surface area is 170 Å². The minimum atomic E-state index is -0.323. The molecule has 2 aromatic carbocycles. The lowest BCUT2D eigenvalue weighted by atomic mass is 10.2. The maximum absolute atomic E-state index is 12.6. The summed E-state index contributed by atoms with van der Waals surface area (Å²) >= 11 is 9.62. The molecule has 0 radical (unpaired) electrons. The number of amides is 1. The van der Waals surface area contributed by atoms with Gasteiger partial charge in [-0.1, -0.05) is 29.8 Å². The molecule has 0 saturated heterocycles. The number of anilines is 1. The van der Waals surface area contributed by atoms with Gasteiger partial charge in [0.25, 0.3) is 5.91 Å². The van der Waals surface area contributed by atoms with Gasteiger partial charge in [-0.3, -0.25) is 9.48 Å². The first-order valence-electron chi connectivity index (χ1n) is 8.01. The lowest BCUT2D eigenvalue weighted by molar-refractivity contribution is 0.102. The monoisotopic (exact) mass is 449 g/mol. The molecule has 0 fully saturated rings. The van der Waals surface area contributed by atoms with Crippen LogP contribution in [0.1, 0.15) is 15.9 Å². The first-order valence-corrected chi connectivity index (χ1v) is 9.18. The molecule has 140 valence electrons. The molecule has 6 nitrogen and oxygen atoms in total. The van der Waals surface area contributed by atoms with Gasteiger partial charge in [0.05, 0.1) is 25.2 Å². The molecule has 3 aromatic rings. The molecule has 1 heterocycles. The van der Waals surface area contributed by atoms with E-state index in [1.54, 1.807) is 29.1 Å². The molecule has 27 heavy (non-hydrogen) atoms. The molecule has 0 bridgehead atoms. The Morgan fingerprint density at radius 3 is 2.48 bits per heavy atom. The van der Waals surface area contributed by atoms with Gasteiger partial charge in [0.2, 0.25) is 0 Å². The van der Waals surface area contributed by atoms with E-state index in [1.807, 2.05) is 24.3 Å². The third-order valence-electron chi connectivity index (χ3n) is 3.85. The number of hydrogen-bond acceptors (Lipinski definition) is 4. The lowest BCUT2D eigenvalue weighted by Gasteiger charge is -2.08. The van der Waals surface area contributed by atoms with E-state index in [4.69, 9.17) is 21.1 Å². The van der Waals surface area contributed by atoms with E-state index in [0.29, 0.717) is 38.9 Å². The Bertz CT molecular complexity index is 952. The summed E-state index contributed by atoms with van der Waals surface area (Å²) < 4.78 is 12.8. The molecule has 3 rings (SSSR count). The average molecular weight is 451 g/mol. The second-order valence-electron chi connectivity index (χ2n) is 5.67. The fourth-order valence-corrected chi connectivity index (χ4v) is 3.09. The number of nitrogens with one attached hydrogen (secondary N) is 1.